The molecule has 0 saturated carbocycles. The van der Waals surface area contributed by atoms with Crippen LogP contribution in [0.1, 0.15) is 24.4 Å². The first-order valence-corrected chi connectivity index (χ1v) is 12.0. The molecule has 1 unspecified atom stereocenters. The van der Waals surface area contributed by atoms with E-state index in [2.05, 4.69) is 10.4 Å². The Balaban J connectivity index is 1.80. The fraction of sp³-hybridized carbons (Fsp3) is 0.174. The number of aryl methyl sites for hydroxylation is 1. The van der Waals surface area contributed by atoms with Gasteiger partial charge in [-0.2, -0.15) is 18.3 Å². The number of halogens is 4. The van der Waals surface area contributed by atoms with Crippen molar-refractivity contribution >= 4 is 38.2 Å². The zero-order valence-corrected chi connectivity index (χ0v) is 19.5. The van der Waals surface area contributed by atoms with Crippen molar-refractivity contribution in [3.05, 3.63) is 87.7 Å². The molecule has 0 bridgehead atoms. The van der Waals surface area contributed by atoms with Crippen LogP contribution < -0.4 is 5.32 Å². The number of anilines is 1. The van der Waals surface area contributed by atoms with Crippen LogP contribution in [0.5, 0.6) is 0 Å². The summed E-state index contributed by atoms with van der Waals surface area (Å²) in [6.07, 6.45) is -4.70. The van der Waals surface area contributed by atoms with Gasteiger partial charge in [0.25, 0.3) is 0 Å². The lowest BCUT2D eigenvalue weighted by Crippen LogP contribution is -2.30. The molecule has 34 heavy (non-hydrogen) atoms. The van der Waals surface area contributed by atoms with Gasteiger partial charge in [-0.1, -0.05) is 29.8 Å². The molecule has 4 aromatic rings. The highest BCUT2D eigenvalue weighted by molar-refractivity contribution is 7.95. The van der Waals surface area contributed by atoms with E-state index in [4.69, 9.17) is 11.6 Å². The van der Waals surface area contributed by atoms with E-state index in [1.807, 2.05) is 24.3 Å². The Bertz CT molecular complexity index is 1570. The van der Waals surface area contributed by atoms with Crippen molar-refractivity contribution in [3.63, 3.8) is 0 Å². The van der Waals surface area contributed by atoms with Crippen LogP contribution >= 0.6 is 11.6 Å². The first-order chi connectivity index (χ1) is 16.0. The molecule has 6 nitrogen and oxygen atoms in total. The Labute approximate surface area is 198 Å². The van der Waals surface area contributed by atoms with E-state index >= 15 is 0 Å². The van der Waals surface area contributed by atoms with Crippen molar-refractivity contribution in [2.24, 2.45) is 7.05 Å². The van der Waals surface area contributed by atoms with E-state index in [0.717, 1.165) is 21.7 Å². The number of benzene rings is 2. The number of hydrogen-bond acceptors (Lipinski definition) is 4. The number of nitrogens with one attached hydrogen (secondary N) is 1. The predicted octanol–water partition coefficient (Wildman–Crippen LogP) is 5.77. The van der Waals surface area contributed by atoms with Crippen LogP contribution in [0.3, 0.4) is 0 Å². The monoisotopic (exact) mass is 506 g/mol. The van der Waals surface area contributed by atoms with Crippen molar-refractivity contribution < 1.29 is 21.6 Å². The third kappa shape index (κ3) is 3.48. The molecule has 2 aromatic carbocycles. The lowest BCUT2D eigenvalue weighted by atomic mass is 10.1. The van der Waals surface area contributed by atoms with E-state index in [-0.39, 0.29) is 21.3 Å². The normalized spacial score (nSPS) is 16.6. The third-order valence-corrected chi connectivity index (χ3v) is 8.14. The summed E-state index contributed by atoms with van der Waals surface area (Å²) < 4.78 is 71.1. The summed E-state index contributed by atoms with van der Waals surface area (Å²) in [5, 5.41) is 7.79. The topological polar surface area (TPSA) is 68.9 Å². The molecule has 176 valence electrons. The molecule has 3 heterocycles. The summed E-state index contributed by atoms with van der Waals surface area (Å²) in [4.78, 5) is -0.117. The van der Waals surface area contributed by atoms with Gasteiger partial charge in [-0.15, -0.1) is 0 Å². The third-order valence-electron chi connectivity index (χ3n) is 5.89. The minimum absolute atomic E-state index is 0.0246. The number of allylic oxidation sites excluding steroid dienone is 2. The molecule has 0 saturated heterocycles. The molecule has 1 aliphatic rings. The molecule has 1 N–H and O–H groups in total. The van der Waals surface area contributed by atoms with Gasteiger partial charge in [0.1, 0.15) is 11.9 Å². The minimum atomic E-state index is -4.70. The van der Waals surface area contributed by atoms with Gasteiger partial charge in [0, 0.05) is 35.0 Å². The first kappa shape index (κ1) is 22.5. The number of fused-ring (bicyclic) bond motifs is 2. The average molecular weight is 507 g/mol. The van der Waals surface area contributed by atoms with Crippen LogP contribution in [0.2, 0.25) is 5.02 Å². The molecule has 0 radical (unpaired) electrons. The largest absolute Gasteiger partial charge is 0.435 e. The standard InChI is InChI=1S/C23H18ClF3N4O2S/c1-13-22(34(32,33)16-9-7-15(24)8-10-16)21(18-11-14-5-3-4-6-17(14)30(18)2)31-20(28-13)12-19(29-31)23(25,26)27/h3-12,21,28H,1-2H3. The Morgan fingerprint density at radius 1 is 1.06 bits per heavy atom. The molecule has 11 heteroatoms. The Kier molecular flexibility index (Phi) is 5.07. The van der Waals surface area contributed by atoms with E-state index in [9.17, 15) is 21.6 Å². The molecule has 0 amide bonds. The Morgan fingerprint density at radius 2 is 1.74 bits per heavy atom. The Hall–Kier alpha value is -3.24. The molecule has 0 aliphatic carbocycles. The highest BCUT2D eigenvalue weighted by Crippen LogP contribution is 2.44. The number of para-hydroxylation sites is 1. The summed E-state index contributed by atoms with van der Waals surface area (Å²) in [7, 11) is -2.40. The van der Waals surface area contributed by atoms with Crippen LogP contribution in [0.25, 0.3) is 10.9 Å². The van der Waals surface area contributed by atoms with Crippen LogP contribution in [0, 0.1) is 0 Å². The van der Waals surface area contributed by atoms with Crippen LogP contribution in [0.4, 0.5) is 19.0 Å². The smallest absolute Gasteiger partial charge is 0.345 e. The fourth-order valence-electron chi connectivity index (χ4n) is 4.31. The first-order valence-electron chi connectivity index (χ1n) is 10.2. The minimum Gasteiger partial charge on any atom is -0.345 e. The van der Waals surface area contributed by atoms with Gasteiger partial charge < -0.3 is 9.88 Å². The van der Waals surface area contributed by atoms with Gasteiger partial charge in [-0.25, -0.2) is 13.1 Å². The van der Waals surface area contributed by atoms with Gasteiger partial charge in [-0.05, 0) is 48.7 Å². The lowest BCUT2D eigenvalue weighted by Gasteiger charge is -2.30. The second-order valence-electron chi connectivity index (χ2n) is 8.02. The molecule has 0 spiro atoms. The van der Waals surface area contributed by atoms with Crippen LogP contribution in [-0.4, -0.2) is 22.8 Å². The number of hydrogen-bond donors (Lipinski definition) is 1. The molecule has 2 aromatic heterocycles. The number of nitrogens with zero attached hydrogens (tertiary/aromatic N) is 3. The number of alkyl halides is 3. The Morgan fingerprint density at radius 3 is 2.38 bits per heavy atom. The summed E-state index contributed by atoms with van der Waals surface area (Å²) in [6.45, 7) is 1.53. The van der Waals surface area contributed by atoms with Gasteiger partial charge in [0.05, 0.1) is 9.80 Å². The number of rotatable bonds is 3. The van der Waals surface area contributed by atoms with Gasteiger partial charge in [-0.3, -0.25) is 0 Å². The zero-order valence-electron chi connectivity index (χ0n) is 17.9. The van der Waals surface area contributed by atoms with E-state index < -0.39 is 27.7 Å². The lowest BCUT2D eigenvalue weighted by molar-refractivity contribution is -0.141. The highest BCUT2D eigenvalue weighted by atomic mass is 35.5. The number of aromatic nitrogens is 3. The van der Waals surface area contributed by atoms with Crippen LogP contribution in [-0.2, 0) is 23.1 Å². The highest BCUT2D eigenvalue weighted by Gasteiger charge is 2.42. The van der Waals surface area contributed by atoms with E-state index in [1.165, 1.54) is 31.2 Å². The number of sulfone groups is 1. The SMILES string of the molecule is CC1=C(S(=O)(=O)c2ccc(Cl)cc2)C(c2cc3ccccc3n2C)n2nc(C(F)(F)F)cc2N1. The summed E-state index contributed by atoms with van der Waals surface area (Å²) >= 11 is 5.94. The average Bonchev–Trinajstić information content (AvgIpc) is 3.34. The summed E-state index contributed by atoms with van der Waals surface area (Å²) in [5.41, 5.74) is 0.386. The van der Waals surface area contributed by atoms with Crippen molar-refractivity contribution in [2.45, 2.75) is 24.0 Å². The molecule has 5 rings (SSSR count). The summed E-state index contributed by atoms with van der Waals surface area (Å²) in [6, 6.07) is 14.5. The van der Waals surface area contributed by atoms with Gasteiger partial charge in [0.2, 0.25) is 9.84 Å². The van der Waals surface area contributed by atoms with Crippen molar-refractivity contribution in [1.82, 2.24) is 14.3 Å². The maximum atomic E-state index is 13.8. The van der Waals surface area contributed by atoms with Gasteiger partial charge in [0.15, 0.2) is 5.69 Å². The predicted molar refractivity (Wildman–Crippen MR) is 123 cm³/mol. The van der Waals surface area contributed by atoms with E-state index in [1.54, 1.807) is 17.7 Å². The summed E-state index contributed by atoms with van der Waals surface area (Å²) in [5.74, 6) is 0.0511. The second-order valence-corrected chi connectivity index (χ2v) is 10.4. The van der Waals surface area contributed by atoms with Crippen LogP contribution in [0.15, 0.2) is 76.2 Å². The van der Waals surface area contributed by atoms with Crippen molar-refractivity contribution in [1.29, 1.82) is 0 Å². The molecule has 1 aliphatic heterocycles. The molecular formula is C23H18ClF3N4O2S. The molecular weight excluding hydrogens is 489 g/mol. The zero-order chi connectivity index (χ0) is 24.4. The maximum absolute atomic E-state index is 13.8. The second kappa shape index (κ2) is 7.64. The molecule has 1 atom stereocenters. The quantitative estimate of drug-likeness (QED) is 0.383. The van der Waals surface area contributed by atoms with Crippen molar-refractivity contribution in [2.75, 3.05) is 5.32 Å². The maximum Gasteiger partial charge on any atom is 0.435 e. The molecule has 0 fully saturated rings. The van der Waals surface area contributed by atoms with Gasteiger partial charge >= 0.3 is 6.18 Å². The van der Waals surface area contributed by atoms with Crippen molar-refractivity contribution in [3.8, 4) is 0 Å². The fourth-order valence-corrected chi connectivity index (χ4v) is 6.16. The van der Waals surface area contributed by atoms with E-state index in [0.29, 0.717) is 10.7 Å².